The van der Waals surface area contributed by atoms with Crippen molar-refractivity contribution in [1.82, 2.24) is 5.32 Å². The number of nitrogens with two attached hydrogens (primary N) is 1. The Morgan fingerprint density at radius 1 is 1.83 bits per heavy atom. The molecule has 1 aliphatic heterocycles. The van der Waals surface area contributed by atoms with Crippen LogP contribution in [-0.4, -0.2) is 29.2 Å². The van der Waals surface area contributed by atoms with Gasteiger partial charge in [0, 0.05) is 12.6 Å². The SMILES string of the molecule is C[C@@H]1C=CC[C@@](N)(C(=O)O)CN1. The predicted octanol–water partition coefficient (Wildman–Crippen LogP) is -0.293. The van der Waals surface area contributed by atoms with Crippen LogP contribution in [0.3, 0.4) is 0 Å². The lowest BCUT2D eigenvalue weighted by Crippen LogP contribution is -2.55. The molecule has 4 N–H and O–H groups in total. The average Bonchev–Trinajstić information content (AvgIpc) is 2.15. The van der Waals surface area contributed by atoms with E-state index in [4.69, 9.17) is 10.8 Å². The van der Waals surface area contributed by atoms with Gasteiger partial charge in [-0.3, -0.25) is 4.79 Å². The van der Waals surface area contributed by atoms with Crippen LogP contribution in [0.2, 0.25) is 0 Å². The van der Waals surface area contributed by atoms with E-state index in [1.165, 1.54) is 0 Å². The zero-order chi connectivity index (χ0) is 9.19. The Hall–Kier alpha value is -0.870. The van der Waals surface area contributed by atoms with Gasteiger partial charge in [-0.2, -0.15) is 0 Å². The summed E-state index contributed by atoms with van der Waals surface area (Å²) in [6.07, 6.45) is 4.13. The molecule has 0 aromatic rings. The van der Waals surface area contributed by atoms with Crippen molar-refractivity contribution in [2.24, 2.45) is 5.73 Å². The van der Waals surface area contributed by atoms with Gasteiger partial charge in [-0.25, -0.2) is 0 Å². The molecule has 0 unspecified atom stereocenters. The summed E-state index contributed by atoms with van der Waals surface area (Å²) >= 11 is 0. The minimum Gasteiger partial charge on any atom is -0.480 e. The monoisotopic (exact) mass is 170 g/mol. The Bertz CT molecular complexity index is 215. The average molecular weight is 170 g/mol. The molecule has 0 amide bonds. The normalized spacial score (nSPS) is 36.0. The molecule has 1 rings (SSSR count). The van der Waals surface area contributed by atoms with Gasteiger partial charge in [0.25, 0.3) is 0 Å². The molecular formula is C8H14N2O2. The quantitative estimate of drug-likeness (QED) is 0.472. The molecule has 0 fully saturated rings. The molecule has 4 nitrogen and oxygen atoms in total. The second-order valence-electron chi connectivity index (χ2n) is 3.26. The Balaban J connectivity index is 2.70. The number of hydrogen-bond acceptors (Lipinski definition) is 3. The zero-order valence-corrected chi connectivity index (χ0v) is 7.08. The van der Waals surface area contributed by atoms with Crippen molar-refractivity contribution in [1.29, 1.82) is 0 Å². The topological polar surface area (TPSA) is 75.4 Å². The van der Waals surface area contributed by atoms with Crippen LogP contribution in [0.15, 0.2) is 12.2 Å². The van der Waals surface area contributed by atoms with Crippen molar-refractivity contribution < 1.29 is 9.90 Å². The number of nitrogens with one attached hydrogen (secondary N) is 1. The van der Waals surface area contributed by atoms with Crippen molar-refractivity contribution in [3.63, 3.8) is 0 Å². The lowest BCUT2D eigenvalue weighted by molar-refractivity contribution is -0.143. The first-order valence-corrected chi connectivity index (χ1v) is 3.97. The Kier molecular flexibility index (Phi) is 2.49. The predicted molar refractivity (Wildman–Crippen MR) is 45.8 cm³/mol. The van der Waals surface area contributed by atoms with Crippen molar-refractivity contribution in [2.75, 3.05) is 6.54 Å². The molecule has 0 saturated heterocycles. The van der Waals surface area contributed by atoms with E-state index in [1.54, 1.807) is 0 Å². The Morgan fingerprint density at radius 2 is 2.50 bits per heavy atom. The lowest BCUT2D eigenvalue weighted by atomic mass is 9.97. The van der Waals surface area contributed by atoms with Crippen molar-refractivity contribution in [2.45, 2.75) is 24.9 Å². The number of aliphatic carboxylic acids is 1. The van der Waals surface area contributed by atoms with Crippen LogP contribution in [0.4, 0.5) is 0 Å². The molecule has 2 atom stereocenters. The summed E-state index contributed by atoms with van der Waals surface area (Å²) < 4.78 is 0. The van der Waals surface area contributed by atoms with Crippen molar-refractivity contribution >= 4 is 5.97 Å². The molecule has 0 saturated carbocycles. The van der Waals surface area contributed by atoms with Gasteiger partial charge in [-0.05, 0) is 13.3 Å². The molecule has 0 spiro atoms. The smallest absolute Gasteiger partial charge is 0.325 e. The fourth-order valence-corrected chi connectivity index (χ4v) is 1.13. The molecule has 0 bridgehead atoms. The number of carbonyl (C=O) groups is 1. The van der Waals surface area contributed by atoms with Crippen LogP contribution in [0.1, 0.15) is 13.3 Å². The van der Waals surface area contributed by atoms with Gasteiger partial charge in [-0.1, -0.05) is 12.2 Å². The molecule has 68 valence electrons. The van der Waals surface area contributed by atoms with Gasteiger partial charge < -0.3 is 16.2 Å². The van der Waals surface area contributed by atoms with E-state index in [0.29, 0.717) is 13.0 Å². The largest absolute Gasteiger partial charge is 0.480 e. The van der Waals surface area contributed by atoms with E-state index < -0.39 is 11.5 Å². The third kappa shape index (κ3) is 1.84. The van der Waals surface area contributed by atoms with Gasteiger partial charge in [0.2, 0.25) is 0 Å². The first-order valence-electron chi connectivity index (χ1n) is 3.97. The third-order valence-electron chi connectivity index (χ3n) is 2.07. The van der Waals surface area contributed by atoms with Gasteiger partial charge in [0.1, 0.15) is 5.54 Å². The maximum absolute atomic E-state index is 10.7. The molecule has 0 aliphatic carbocycles. The van der Waals surface area contributed by atoms with Crippen molar-refractivity contribution in [3.05, 3.63) is 12.2 Å². The second kappa shape index (κ2) is 3.25. The summed E-state index contributed by atoms with van der Waals surface area (Å²) in [7, 11) is 0. The van der Waals surface area contributed by atoms with E-state index in [9.17, 15) is 4.79 Å². The molecule has 1 heterocycles. The Morgan fingerprint density at radius 3 is 3.08 bits per heavy atom. The highest BCUT2D eigenvalue weighted by atomic mass is 16.4. The van der Waals surface area contributed by atoms with E-state index >= 15 is 0 Å². The van der Waals surface area contributed by atoms with Gasteiger partial charge >= 0.3 is 5.97 Å². The van der Waals surface area contributed by atoms with Crippen LogP contribution in [0.25, 0.3) is 0 Å². The molecule has 12 heavy (non-hydrogen) atoms. The van der Waals surface area contributed by atoms with Crippen LogP contribution < -0.4 is 11.1 Å². The number of carboxylic acids is 1. The summed E-state index contributed by atoms with van der Waals surface area (Å²) in [6.45, 7) is 2.28. The highest BCUT2D eigenvalue weighted by Crippen LogP contribution is 2.10. The molecule has 0 aromatic carbocycles. The molecular weight excluding hydrogens is 156 g/mol. The number of rotatable bonds is 1. The Labute approximate surface area is 71.4 Å². The summed E-state index contributed by atoms with van der Waals surface area (Å²) in [6, 6.07) is 0.203. The minimum atomic E-state index is -1.14. The third-order valence-corrected chi connectivity index (χ3v) is 2.07. The van der Waals surface area contributed by atoms with Crippen LogP contribution in [-0.2, 0) is 4.79 Å². The molecule has 0 aromatic heterocycles. The maximum atomic E-state index is 10.7. The fourth-order valence-electron chi connectivity index (χ4n) is 1.13. The number of hydrogen-bond donors (Lipinski definition) is 3. The van der Waals surface area contributed by atoms with Crippen LogP contribution >= 0.6 is 0 Å². The molecule has 4 heteroatoms. The first kappa shape index (κ1) is 9.22. The van der Waals surface area contributed by atoms with E-state index in [2.05, 4.69) is 5.32 Å². The van der Waals surface area contributed by atoms with Gasteiger partial charge in [-0.15, -0.1) is 0 Å². The first-order chi connectivity index (χ1) is 5.54. The van der Waals surface area contributed by atoms with Gasteiger partial charge in [0.05, 0.1) is 0 Å². The molecule has 1 aliphatic rings. The van der Waals surface area contributed by atoms with E-state index in [-0.39, 0.29) is 6.04 Å². The maximum Gasteiger partial charge on any atom is 0.325 e. The lowest BCUT2D eigenvalue weighted by Gasteiger charge is -2.22. The highest BCUT2D eigenvalue weighted by Gasteiger charge is 2.33. The molecule has 0 radical (unpaired) electrons. The van der Waals surface area contributed by atoms with Crippen LogP contribution in [0.5, 0.6) is 0 Å². The number of carboxylic acid groups (broad SMARTS) is 1. The van der Waals surface area contributed by atoms with Gasteiger partial charge in [0.15, 0.2) is 0 Å². The zero-order valence-electron chi connectivity index (χ0n) is 7.08. The highest BCUT2D eigenvalue weighted by molar-refractivity contribution is 5.79. The summed E-state index contributed by atoms with van der Waals surface area (Å²) in [5.41, 5.74) is 4.51. The fraction of sp³-hybridized carbons (Fsp3) is 0.625. The standard InChI is InChI=1S/C8H14N2O2/c1-6-3-2-4-8(9,5-10-6)7(11)12/h2-3,6,10H,4-5,9H2,1H3,(H,11,12)/t6-,8+/m1/s1. The van der Waals surface area contributed by atoms with E-state index in [0.717, 1.165) is 0 Å². The summed E-state index contributed by atoms with van der Waals surface area (Å²) in [5, 5.41) is 11.8. The van der Waals surface area contributed by atoms with E-state index in [1.807, 2.05) is 19.1 Å². The summed E-state index contributed by atoms with van der Waals surface area (Å²) in [4.78, 5) is 10.7. The second-order valence-corrected chi connectivity index (χ2v) is 3.26. The van der Waals surface area contributed by atoms with Crippen LogP contribution in [0, 0.1) is 0 Å². The minimum absolute atomic E-state index is 0.203. The van der Waals surface area contributed by atoms with Crippen molar-refractivity contribution in [3.8, 4) is 0 Å². The summed E-state index contributed by atoms with van der Waals surface area (Å²) in [5.74, 6) is -0.950.